The molecule has 0 aliphatic carbocycles. The van der Waals surface area contributed by atoms with Crippen LogP contribution >= 0.6 is 0 Å². The van der Waals surface area contributed by atoms with E-state index in [9.17, 15) is 0 Å². The molecular formula is C15H20N2O2. The van der Waals surface area contributed by atoms with Crippen molar-refractivity contribution in [1.29, 1.82) is 0 Å². The molecule has 2 aromatic rings. The molecule has 0 atom stereocenters. The summed E-state index contributed by atoms with van der Waals surface area (Å²) in [5.41, 5.74) is 8.80. The summed E-state index contributed by atoms with van der Waals surface area (Å²) in [5.74, 6) is 1.80. The molecule has 0 saturated heterocycles. The summed E-state index contributed by atoms with van der Waals surface area (Å²) in [4.78, 5) is 2.21. The molecular weight excluding hydrogens is 240 g/mol. The van der Waals surface area contributed by atoms with Crippen LogP contribution in [-0.4, -0.2) is 19.1 Å². The Bertz CT molecular complexity index is 549. The van der Waals surface area contributed by atoms with Gasteiger partial charge in [-0.1, -0.05) is 6.07 Å². The van der Waals surface area contributed by atoms with Gasteiger partial charge in [-0.15, -0.1) is 0 Å². The lowest BCUT2D eigenvalue weighted by Crippen LogP contribution is -2.17. The van der Waals surface area contributed by atoms with Gasteiger partial charge in [-0.05, 0) is 26.1 Å². The molecule has 0 aliphatic heterocycles. The number of furan rings is 1. The molecule has 102 valence electrons. The number of hydrogen-bond donors (Lipinski definition) is 1. The van der Waals surface area contributed by atoms with E-state index in [-0.39, 0.29) is 0 Å². The Morgan fingerprint density at radius 2 is 1.95 bits per heavy atom. The molecule has 19 heavy (non-hydrogen) atoms. The zero-order valence-electron chi connectivity index (χ0n) is 11.6. The van der Waals surface area contributed by atoms with E-state index in [1.165, 1.54) is 5.56 Å². The number of hydrogen-bond acceptors (Lipinski definition) is 4. The Morgan fingerprint density at radius 1 is 1.21 bits per heavy atom. The highest BCUT2D eigenvalue weighted by atomic mass is 16.5. The fourth-order valence-corrected chi connectivity index (χ4v) is 2.10. The van der Waals surface area contributed by atoms with Crippen molar-refractivity contribution in [3.8, 4) is 5.75 Å². The van der Waals surface area contributed by atoms with Crippen LogP contribution in [0.2, 0.25) is 0 Å². The van der Waals surface area contributed by atoms with Gasteiger partial charge in [0.15, 0.2) is 0 Å². The van der Waals surface area contributed by atoms with Crippen molar-refractivity contribution in [1.82, 2.24) is 4.90 Å². The lowest BCUT2D eigenvalue weighted by molar-refractivity contribution is 0.308. The molecule has 4 nitrogen and oxygen atoms in total. The smallest absolute Gasteiger partial charge is 0.125 e. The Labute approximate surface area is 113 Å². The number of ether oxygens (including phenoxy) is 1. The molecule has 1 aromatic heterocycles. The second kappa shape index (κ2) is 5.80. The number of anilines is 1. The van der Waals surface area contributed by atoms with Crippen molar-refractivity contribution < 1.29 is 9.15 Å². The lowest BCUT2D eigenvalue weighted by atomic mass is 10.1. The van der Waals surface area contributed by atoms with E-state index in [4.69, 9.17) is 14.9 Å². The number of nitrogen functional groups attached to an aromatic ring is 1. The summed E-state index contributed by atoms with van der Waals surface area (Å²) in [5, 5.41) is 0. The highest BCUT2D eigenvalue weighted by molar-refractivity contribution is 5.48. The third kappa shape index (κ3) is 3.29. The largest absolute Gasteiger partial charge is 0.496 e. The van der Waals surface area contributed by atoms with Gasteiger partial charge in [-0.3, -0.25) is 4.90 Å². The van der Waals surface area contributed by atoms with Gasteiger partial charge in [0.05, 0.1) is 13.4 Å². The van der Waals surface area contributed by atoms with E-state index in [1.807, 2.05) is 31.2 Å². The second-order valence-electron chi connectivity index (χ2n) is 4.75. The van der Waals surface area contributed by atoms with Gasteiger partial charge in [0.1, 0.15) is 11.5 Å². The molecule has 0 radical (unpaired) electrons. The summed E-state index contributed by atoms with van der Waals surface area (Å²) in [7, 11) is 3.74. The molecule has 2 N–H and O–H groups in total. The third-order valence-electron chi connectivity index (χ3n) is 3.16. The van der Waals surface area contributed by atoms with E-state index in [0.29, 0.717) is 5.69 Å². The molecule has 0 bridgehead atoms. The minimum absolute atomic E-state index is 0.717. The summed E-state index contributed by atoms with van der Waals surface area (Å²) in [6.45, 7) is 3.62. The quantitative estimate of drug-likeness (QED) is 0.840. The Kier molecular flexibility index (Phi) is 4.12. The zero-order chi connectivity index (χ0) is 13.8. The Hall–Kier alpha value is -1.94. The van der Waals surface area contributed by atoms with Crippen molar-refractivity contribution in [2.24, 2.45) is 0 Å². The van der Waals surface area contributed by atoms with Gasteiger partial charge in [0.25, 0.3) is 0 Å². The SMILES string of the molecule is COc1cc(N)ccc1CN(C)Cc1ccoc1C. The molecule has 1 aromatic carbocycles. The normalized spacial score (nSPS) is 10.9. The minimum atomic E-state index is 0.717. The van der Waals surface area contributed by atoms with Crippen molar-refractivity contribution in [2.45, 2.75) is 20.0 Å². The topological polar surface area (TPSA) is 51.6 Å². The van der Waals surface area contributed by atoms with Crippen molar-refractivity contribution in [3.63, 3.8) is 0 Å². The van der Waals surface area contributed by atoms with Crippen molar-refractivity contribution in [2.75, 3.05) is 19.9 Å². The molecule has 0 amide bonds. The number of nitrogens with two attached hydrogens (primary N) is 1. The maximum atomic E-state index is 5.76. The average molecular weight is 260 g/mol. The summed E-state index contributed by atoms with van der Waals surface area (Å²) in [6, 6.07) is 7.76. The van der Waals surface area contributed by atoms with E-state index < -0.39 is 0 Å². The number of benzene rings is 1. The van der Waals surface area contributed by atoms with E-state index in [0.717, 1.165) is 30.2 Å². The predicted molar refractivity (Wildman–Crippen MR) is 76.0 cm³/mol. The molecule has 2 rings (SSSR count). The first-order valence-corrected chi connectivity index (χ1v) is 6.24. The fourth-order valence-electron chi connectivity index (χ4n) is 2.10. The van der Waals surface area contributed by atoms with Gasteiger partial charge < -0.3 is 14.9 Å². The zero-order valence-corrected chi connectivity index (χ0v) is 11.6. The third-order valence-corrected chi connectivity index (χ3v) is 3.16. The first-order valence-electron chi connectivity index (χ1n) is 6.24. The second-order valence-corrected chi connectivity index (χ2v) is 4.75. The van der Waals surface area contributed by atoms with Gasteiger partial charge >= 0.3 is 0 Å². The molecule has 0 unspecified atom stereocenters. The highest BCUT2D eigenvalue weighted by Crippen LogP contribution is 2.23. The van der Waals surface area contributed by atoms with Crippen LogP contribution in [0.25, 0.3) is 0 Å². The summed E-state index contributed by atoms with van der Waals surface area (Å²) in [6.07, 6.45) is 1.72. The molecule has 0 fully saturated rings. The van der Waals surface area contributed by atoms with Crippen LogP contribution in [0.3, 0.4) is 0 Å². The number of rotatable bonds is 5. The minimum Gasteiger partial charge on any atom is -0.496 e. The van der Waals surface area contributed by atoms with Crippen LogP contribution < -0.4 is 10.5 Å². The monoisotopic (exact) mass is 260 g/mol. The highest BCUT2D eigenvalue weighted by Gasteiger charge is 2.09. The van der Waals surface area contributed by atoms with E-state index in [2.05, 4.69) is 11.9 Å². The fraction of sp³-hybridized carbons (Fsp3) is 0.333. The van der Waals surface area contributed by atoms with Gasteiger partial charge in [0, 0.05) is 36.0 Å². The van der Waals surface area contributed by atoms with Crippen LogP contribution in [0.15, 0.2) is 34.9 Å². The van der Waals surface area contributed by atoms with Crippen LogP contribution in [-0.2, 0) is 13.1 Å². The molecule has 0 saturated carbocycles. The van der Waals surface area contributed by atoms with Crippen LogP contribution in [0.5, 0.6) is 5.75 Å². The van der Waals surface area contributed by atoms with E-state index in [1.54, 1.807) is 13.4 Å². The maximum Gasteiger partial charge on any atom is 0.125 e. The standard InChI is InChI=1S/C15H20N2O2/c1-11-12(6-7-19-11)9-17(2)10-13-4-5-14(16)8-15(13)18-3/h4-8H,9-10,16H2,1-3H3. The first kappa shape index (κ1) is 13.5. The summed E-state index contributed by atoms with van der Waals surface area (Å²) < 4.78 is 10.7. The molecule has 4 heteroatoms. The van der Waals surface area contributed by atoms with Crippen LogP contribution in [0, 0.1) is 6.92 Å². The summed E-state index contributed by atoms with van der Waals surface area (Å²) >= 11 is 0. The van der Waals surface area contributed by atoms with Gasteiger partial charge in [0.2, 0.25) is 0 Å². The number of aryl methyl sites for hydroxylation is 1. The molecule has 0 spiro atoms. The lowest BCUT2D eigenvalue weighted by Gasteiger charge is -2.18. The number of methoxy groups -OCH3 is 1. The molecule has 1 heterocycles. The van der Waals surface area contributed by atoms with E-state index >= 15 is 0 Å². The van der Waals surface area contributed by atoms with Gasteiger partial charge in [-0.25, -0.2) is 0 Å². The molecule has 0 aliphatic rings. The Balaban J connectivity index is 2.06. The average Bonchev–Trinajstić information content (AvgIpc) is 2.77. The predicted octanol–water partition coefficient (Wildman–Crippen LogP) is 2.81. The van der Waals surface area contributed by atoms with Crippen molar-refractivity contribution in [3.05, 3.63) is 47.4 Å². The van der Waals surface area contributed by atoms with Crippen molar-refractivity contribution >= 4 is 5.69 Å². The van der Waals surface area contributed by atoms with Gasteiger partial charge in [-0.2, -0.15) is 0 Å². The van der Waals surface area contributed by atoms with Crippen LogP contribution in [0.1, 0.15) is 16.9 Å². The maximum absolute atomic E-state index is 5.76. The number of nitrogens with zero attached hydrogens (tertiary/aromatic N) is 1. The van der Waals surface area contributed by atoms with Crippen LogP contribution in [0.4, 0.5) is 5.69 Å². The Morgan fingerprint density at radius 3 is 2.58 bits per heavy atom. The first-order chi connectivity index (χ1) is 9.10.